The molecule has 46 heavy (non-hydrogen) atoms. The van der Waals surface area contributed by atoms with Crippen molar-refractivity contribution in [2.45, 2.75) is 77.6 Å². The molecule has 0 fully saturated rings. The lowest BCUT2D eigenvalue weighted by Gasteiger charge is -2.08. The first kappa shape index (κ1) is 36.4. The smallest absolute Gasteiger partial charge is 0.343 e. The lowest BCUT2D eigenvalue weighted by atomic mass is 10.1. The Bertz CT molecular complexity index is 1430. The van der Waals surface area contributed by atoms with Gasteiger partial charge in [0.05, 0.1) is 24.3 Å². The third-order valence-electron chi connectivity index (χ3n) is 7.28. The van der Waals surface area contributed by atoms with Gasteiger partial charge in [-0.05, 0) is 85.1 Å². The van der Waals surface area contributed by atoms with Gasteiger partial charge in [0, 0.05) is 5.75 Å². The molecule has 0 aliphatic carbocycles. The minimum absolute atomic E-state index is 0.0331. The van der Waals surface area contributed by atoms with Crippen LogP contribution in [-0.2, 0) is 12.4 Å². The minimum Gasteiger partial charge on any atom is -0.494 e. The summed E-state index contributed by atoms with van der Waals surface area (Å²) in [5.74, 6) is 1.70. The normalized spacial score (nSPS) is 10.4. The van der Waals surface area contributed by atoms with Crippen LogP contribution in [0.3, 0.4) is 0 Å². The first-order chi connectivity index (χ1) is 22.4. The highest BCUT2D eigenvalue weighted by molar-refractivity contribution is 7.79. The van der Waals surface area contributed by atoms with Crippen LogP contribution in [0.1, 0.15) is 95.7 Å². The summed E-state index contributed by atoms with van der Waals surface area (Å²) in [4.78, 5) is 24.0. The number of ether oxygens (including phenoxy) is 3. The Labute approximate surface area is 279 Å². The van der Waals surface area contributed by atoms with E-state index in [-0.39, 0.29) is 12.6 Å². The van der Waals surface area contributed by atoms with Crippen molar-refractivity contribution in [2.24, 2.45) is 0 Å². The Balaban J connectivity index is 0.000000275. The van der Waals surface area contributed by atoms with E-state index in [4.69, 9.17) is 19.3 Å². The van der Waals surface area contributed by atoms with Gasteiger partial charge in [0.2, 0.25) is 0 Å². The molecule has 0 unspecified atom stereocenters. The standard InChI is InChI=1S/C24H32O4.C15H14O2S/c1-2-3-4-5-6-7-8-9-18-27-22-16-12-21(13-17-22)24(26)28-23-14-10-20(19-25)11-15-23;1-11-2-6-13(7-3-11)15(16)17-14-8-4-12(10-18)5-9-14/h10-17,25H,2-9,18-19H2,1H3;2-9,18H,10H2,1H3. The number of rotatable bonds is 16. The number of aliphatic hydroxyl groups excluding tert-OH is 1. The molecule has 0 aliphatic rings. The summed E-state index contributed by atoms with van der Waals surface area (Å²) in [5.41, 5.74) is 4.01. The number of thiol groups is 1. The van der Waals surface area contributed by atoms with E-state index in [1.807, 2.05) is 31.2 Å². The lowest BCUT2D eigenvalue weighted by molar-refractivity contribution is 0.0725. The molecular formula is C39H46O6S. The van der Waals surface area contributed by atoms with Crippen molar-refractivity contribution < 1.29 is 28.9 Å². The van der Waals surface area contributed by atoms with Gasteiger partial charge in [-0.3, -0.25) is 0 Å². The van der Waals surface area contributed by atoms with Gasteiger partial charge in [-0.25, -0.2) is 9.59 Å². The van der Waals surface area contributed by atoms with Crippen LogP contribution in [0.4, 0.5) is 0 Å². The van der Waals surface area contributed by atoms with Crippen molar-refractivity contribution in [1.82, 2.24) is 0 Å². The number of aryl methyl sites for hydroxylation is 1. The van der Waals surface area contributed by atoms with Crippen LogP contribution < -0.4 is 14.2 Å². The first-order valence-corrected chi connectivity index (χ1v) is 16.7. The van der Waals surface area contributed by atoms with Crippen LogP contribution in [0.5, 0.6) is 17.2 Å². The first-order valence-electron chi connectivity index (χ1n) is 16.0. The molecule has 0 amide bonds. The number of hydrogen-bond acceptors (Lipinski definition) is 7. The molecule has 0 atom stereocenters. The van der Waals surface area contributed by atoms with Crippen LogP contribution >= 0.6 is 12.6 Å². The van der Waals surface area contributed by atoms with Gasteiger partial charge in [-0.2, -0.15) is 12.6 Å². The summed E-state index contributed by atoms with van der Waals surface area (Å²) in [7, 11) is 0. The van der Waals surface area contributed by atoms with Gasteiger partial charge in [-0.15, -0.1) is 0 Å². The molecule has 0 heterocycles. The number of hydrogen-bond donors (Lipinski definition) is 2. The maximum Gasteiger partial charge on any atom is 0.343 e. The predicted molar refractivity (Wildman–Crippen MR) is 187 cm³/mol. The molecule has 0 bridgehead atoms. The Hall–Kier alpha value is -4.07. The highest BCUT2D eigenvalue weighted by atomic mass is 32.1. The molecule has 4 aromatic carbocycles. The number of aliphatic hydroxyl groups is 1. The SMILES string of the molecule is CCCCCCCCCCOc1ccc(C(=O)Oc2ccc(CO)cc2)cc1.Cc1ccc(C(=O)Oc2ccc(CS)cc2)cc1. The molecule has 0 saturated heterocycles. The molecule has 0 radical (unpaired) electrons. The van der Waals surface area contributed by atoms with E-state index in [9.17, 15) is 9.59 Å². The van der Waals surface area contributed by atoms with Gasteiger partial charge in [-0.1, -0.05) is 93.8 Å². The number of carbonyl (C=O) groups excluding carboxylic acids is 2. The van der Waals surface area contributed by atoms with E-state index < -0.39 is 5.97 Å². The van der Waals surface area contributed by atoms with Gasteiger partial charge < -0.3 is 19.3 Å². The highest BCUT2D eigenvalue weighted by Crippen LogP contribution is 2.18. The topological polar surface area (TPSA) is 82.1 Å². The Morgan fingerprint density at radius 2 is 1.02 bits per heavy atom. The van der Waals surface area contributed by atoms with Crippen LogP contribution in [0.25, 0.3) is 0 Å². The van der Waals surface area contributed by atoms with Gasteiger partial charge in [0.25, 0.3) is 0 Å². The summed E-state index contributed by atoms with van der Waals surface area (Å²) >= 11 is 4.17. The number of benzene rings is 4. The molecule has 4 rings (SSSR count). The molecule has 4 aromatic rings. The molecule has 0 aromatic heterocycles. The third-order valence-corrected chi connectivity index (χ3v) is 7.64. The minimum atomic E-state index is -0.411. The quantitative estimate of drug-likeness (QED) is 0.0548. The van der Waals surface area contributed by atoms with Crippen molar-refractivity contribution >= 4 is 24.6 Å². The fourth-order valence-electron chi connectivity index (χ4n) is 4.46. The second-order valence-electron chi connectivity index (χ2n) is 11.1. The van der Waals surface area contributed by atoms with E-state index in [1.54, 1.807) is 72.8 Å². The van der Waals surface area contributed by atoms with Crippen LogP contribution in [0.15, 0.2) is 97.1 Å². The third kappa shape index (κ3) is 13.5. The molecule has 1 N–H and O–H groups in total. The van der Waals surface area contributed by atoms with E-state index in [0.717, 1.165) is 28.9 Å². The molecule has 7 heteroatoms. The summed E-state index contributed by atoms with van der Waals surface area (Å²) in [6.45, 7) is 4.89. The predicted octanol–water partition coefficient (Wildman–Crippen LogP) is 9.56. The van der Waals surface area contributed by atoms with Crippen LogP contribution in [0.2, 0.25) is 0 Å². The van der Waals surface area contributed by atoms with E-state index >= 15 is 0 Å². The van der Waals surface area contributed by atoms with E-state index in [1.165, 1.54) is 44.9 Å². The zero-order valence-electron chi connectivity index (χ0n) is 27.0. The van der Waals surface area contributed by atoms with Crippen LogP contribution in [0, 0.1) is 6.92 Å². The van der Waals surface area contributed by atoms with Gasteiger partial charge >= 0.3 is 11.9 Å². The molecule has 0 spiro atoms. The Kier molecular flexibility index (Phi) is 16.5. The summed E-state index contributed by atoms with van der Waals surface area (Å²) < 4.78 is 16.4. The van der Waals surface area contributed by atoms with Crippen molar-refractivity contribution in [2.75, 3.05) is 6.61 Å². The maximum atomic E-state index is 12.2. The number of carbonyl (C=O) groups is 2. The fourth-order valence-corrected chi connectivity index (χ4v) is 4.67. The summed E-state index contributed by atoms with van der Waals surface area (Å²) in [6.07, 6.45) is 10.2. The number of esters is 2. The van der Waals surface area contributed by atoms with Gasteiger partial charge in [0.1, 0.15) is 17.2 Å². The maximum absolute atomic E-state index is 12.2. The Morgan fingerprint density at radius 3 is 1.50 bits per heavy atom. The van der Waals surface area contributed by atoms with E-state index in [0.29, 0.717) is 35.0 Å². The largest absolute Gasteiger partial charge is 0.494 e. The summed E-state index contributed by atoms with van der Waals surface area (Å²) in [5, 5.41) is 9.04. The zero-order chi connectivity index (χ0) is 33.0. The second-order valence-corrected chi connectivity index (χ2v) is 11.4. The molecule has 6 nitrogen and oxygen atoms in total. The van der Waals surface area contributed by atoms with Crippen LogP contribution in [-0.4, -0.2) is 23.7 Å². The second kappa shape index (κ2) is 20.9. The fraction of sp³-hybridized carbons (Fsp3) is 0.333. The molecular weight excluding hydrogens is 596 g/mol. The van der Waals surface area contributed by atoms with Gasteiger partial charge in [0.15, 0.2) is 0 Å². The van der Waals surface area contributed by atoms with Crippen molar-refractivity contribution in [3.05, 3.63) is 125 Å². The Morgan fingerprint density at radius 1 is 0.587 bits per heavy atom. The zero-order valence-corrected chi connectivity index (χ0v) is 27.8. The average molecular weight is 643 g/mol. The molecule has 244 valence electrons. The van der Waals surface area contributed by atoms with Crippen molar-refractivity contribution in [3.8, 4) is 17.2 Å². The molecule has 0 aliphatic heterocycles. The van der Waals surface area contributed by atoms with Crippen molar-refractivity contribution in [1.29, 1.82) is 0 Å². The van der Waals surface area contributed by atoms with E-state index in [2.05, 4.69) is 19.6 Å². The highest BCUT2D eigenvalue weighted by Gasteiger charge is 2.10. The van der Waals surface area contributed by atoms with Crippen molar-refractivity contribution in [3.63, 3.8) is 0 Å². The summed E-state index contributed by atoms with van der Waals surface area (Å²) in [6, 6.07) is 28.5. The lowest BCUT2D eigenvalue weighted by Crippen LogP contribution is -2.08. The average Bonchev–Trinajstić information content (AvgIpc) is 3.09. The monoisotopic (exact) mass is 642 g/mol. The molecule has 0 saturated carbocycles. The number of unbranched alkanes of at least 4 members (excludes halogenated alkanes) is 7.